The average molecular weight is 223 g/mol. The van der Waals surface area contributed by atoms with Crippen molar-refractivity contribution in [2.45, 2.75) is 26.7 Å². The normalized spacial score (nSPS) is 12.4. The molecule has 16 heavy (non-hydrogen) atoms. The number of aryl methyl sites for hydroxylation is 1. The summed E-state index contributed by atoms with van der Waals surface area (Å²) in [6.07, 6.45) is 0. The molecule has 0 aliphatic heterocycles. The van der Waals surface area contributed by atoms with E-state index in [9.17, 15) is 0 Å². The fraction of sp³-hybridized carbons (Fsp3) is 0.538. The van der Waals surface area contributed by atoms with Crippen LogP contribution in [0.3, 0.4) is 0 Å². The Bertz CT molecular complexity index is 375. The van der Waals surface area contributed by atoms with Crippen LogP contribution < -0.4 is 15.2 Å². The number of nitrogens with two attached hydrogens (primary N) is 1. The molecule has 0 spiro atoms. The Morgan fingerprint density at radius 3 is 2.31 bits per heavy atom. The van der Waals surface area contributed by atoms with Crippen molar-refractivity contribution in [2.75, 3.05) is 20.8 Å². The van der Waals surface area contributed by atoms with Gasteiger partial charge in [-0.15, -0.1) is 0 Å². The van der Waals surface area contributed by atoms with Crippen molar-refractivity contribution in [3.05, 3.63) is 22.8 Å². The van der Waals surface area contributed by atoms with Crippen molar-refractivity contribution in [1.29, 1.82) is 0 Å². The highest BCUT2D eigenvalue weighted by Crippen LogP contribution is 2.37. The molecular formula is C13H21NO2. The van der Waals surface area contributed by atoms with Gasteiger partial charge in [-0.1, -0.05) is 6.92 Å². The maximum absolute atomic E-state index is 5.74. The fourth-order valence-corrected chi connectivity index (χ4v) is 2.08. The van der Waals surface area contributed by atoms with Gasteiger partial charge in [0.15, 0.2) is 0 Å². The molecule has 0 heterocycles. The van der Waals surface area contributed by atoms with Crippen molar-refractivity contribution >= 4 is 0 Å². The zero-order valence-electron chi connectivity index (χ0n) is 10.8. The summed E-state index contributed by atoms with van der Waals surface area (Å²) in [6, 6.07) is 2.00. The van der Waals surface area contributed by atoms with Crippen molar-refractivity contribution < 1.29 is 9.47 Å². The first-order valence-electron chi connectivity index (χ1n) is 5.48. The number of methoxy groups -OCH3 is 2. The predicted octanol–water partition coefficient (Wildman–Crippen LogP) is 2.38. The van der Waals surface area contributed by atoms with Gasteiger partial charge in [0.1, 0.15) is 11.5 Å². The second-order valence-corrected chi connectivity index (χ2v) is 4.10. The van der Waals surface area contributed by atoms with E-state index in [-0.39, 0.29) is 5.92 Å². The number of hydrogen-bond acceptors (Lipinski definition) is 3. The molecule has 1 aromatic carbocycles. The molecule has 1 rings (SSSR count). The summed E-state index contributed by atoms with van der Waals surface area (Å²) in [5, 5.41) is 0. The molecule has 0 saturated carbocycles. The smallest absolute Gasteiger partial charge is 0.125 e. The third-order valence-corrected chi connectivity index (χ3v) is 2.99. The second kappa shape index (κ2) is 5.21. The summed E-state index contributed by atoms with van der Waals surface area (Å²) in [4.78, 5) is 0. The van der Waals surface area contributed by atoms with Crippen LogP contribution in [0.2, 0.25) is 0 Å². The molecule has 1 aromatic rings. The quantitative estimate of drug-likeness (QED) is 0.852. The van der Waals surface area contributed by atoms with E-state index < -0.39 is 0 Å². The number of benzene rings is 1. The zero-order chi connectivity index (χ0) is 12.3. The Labute approximate surface area is 97.6 Å². The van der Waals surface area contributed by atoms with E-state index in [4.69, 9.17) is 15.2 Å². The Morgan fingerprint density at radius 1 is 1.25 bits per heavy atom. The molecule has 0 amide bonds. The third-order valence-electron chi connectivity index (χ3n) is 2.99. The highest BCUT2D eigenvalue weighted by atomic mass is 16.5. The summed E-state index contributed by atoms with van der Waals surface area (Å²) in [5.74, 6) is 2.09. The summed E-state index contributed by atoms with van der Waals surface area (Å²) in [6.45, 7) is 6.77. The first-order chi connectivity index (χ1) is 7.56. The van der Waals surface area contributed by atoms with Crippen LogP contribution in [0.1, 0.15) is 29.5 Å². The highest BCUT2D eigenvalue weighted by Gasteiger charge is 2.18. The van der Waals surface area contributed by atoms with E-state index >= 15 is 0 Å². The van der Waals surface area contributed by atoms with Gasteiger partial charge in [-0.05, 0) is 43.5 Å². The Balaban J connectivity index is 3.45. The van der Waals surface area contributed by atoms with Crippen LogP contribution in [0.25, 0.3) is 0 Å². The largest absolute Gasteiger partial charge is 0.496 e. The molecular weight excluding hydrogens is 202 g/mol. The summed E-state index contributed by atoms with van der Waals surface area (Å²) >= 11 is 0. The van der Waals surface area contributed by atoms with Gasteiger partial charge in [0.2, 0.25) is 0 Å². The van der Waals surface area contributed by atoms with Crippen molar-refractivity contribution in [2.24, 2.45) is 5.73 Å². The van der Waals surface area contributed by atoms with Crippen LogP contribution in [-0.2, 0) is 0 Å². The summed E-state index contributed by atoms with van der Waals surface area (Å²) in [7, 11) is 3.38. The lowest BCUT2D eigenvalue weighted by molar-refractivity contribution is 0.390. The minimum atomic E-state index is 0.267. The van der Waals surface area contributed by atoms with E-state index in [0.29, 0.717) is 6.54 Å². The number of ether oxygens (including phenoxy) is 2. The van der Waals surface area contributed by atoms with Crippen LogP contribution in [-0.4, -0.2) is 20.8 Å². The molecule has 0 aliphatic carbocycles. The lowest BCUT2D eigenvalue weighted by Gasteiger charge is -2.21. The Hall–Kier alpha value is -1.22. The molecule has 0 radical (unpaired) electrons. The first-order valence-corrected chi connectivity index (χ1v) is 5.48. The van der Waals surface area contributed by atoms with E-state index in [2.05, 4.69) is 6.92 Å². The van der Waals surface area contributed by atoms with Crippen LogP contribution in [0.4, 0.5) is 0 Å². The zero-order valence-corrected chi connectivity index (χ0v) is 10.8. The molecule has 0 fully saturated rings. The van der Waals surface area contributed by atoms with Gasteiger partial charge in [0.05, 0.1) is 14.2 Å². The van der Waals surface area contributed by atoms with Crippen LogP contribution in [0.15, 0.2) is 6.07 Å². The molecule has 1 unspecified atom stereocenters. The molecule has 3 nitrogen and oxygen atoms in total. The molecule has 0 aliphatic rings. The van der Waals surface area contributed by atoms with Gasteiger partial charge in [0, 0.05) is 5.56 Å². The van der Waals surface area contributed by atoms with Gasteiger partial charge < -0.3 is 15.2 Å². The molecule has 90 valence electrons. The average Bonchev–Trinajstić information content (AvgIpc) is 2.29. The highest BCUT2D eigenvalue weighted by molar-refractivity contribution is 5.54. The SMILES string of the molecule is COc1cc(C)c(OC)c(C(C)CN)c1C. The minimum Gasteiger partial charge on any atom is -0.496 e. The third kappa shape index (κ3) is 2.14. The van der Waals surface area contributed by atoms with E-state index in [1.165, 1.54) is 0 Å². The molecule has 1 atom stereocenters. The molecule has 0 aromatic heterocycles. The summed E-state index contributed by atoms with van der Waals surface area (Å²) < 4.78 is 10.8. The van der Waals surface area contributed by atoms with Gasteiger partial charge >= 0.3 is 0 Å². The van der Waals surface area contributed by atoms with Gasteiger partial charge in [-0.2, -0.15) is 0 Å². The van der Waals surface area contributed by atoms with E-state index in [1.807, 2.05) is 19.9 Å². The number of rotatable bonds is 4. The van der Waals surface area contributed by atoms with Crippen LogP contribution in [0.5, 0.6) is 11.5 Å². The topological polar surface area (TPSA) is 44.5 Å². The van der Waals surface area contributed by atoms with E-state index in [0.717, 1.165) is 28.2 Å². The molecule has 3 heteroatoms. The van der Waals surface area contributed by atoms with Crippen molar-refractivity contribution in [3.63, 3.8) is 0 Å². The molecule has 0 bridgehead atoms. The van der Waals surface area contributed by atoms with Crippen LogP contribution in [0, 0.1) is 13.8 Å². The van der Waals surface area contributed by atoms with Crippen molar-refractivity contribution in [3.8, 4) is 11.5 Å². The second-order valence-electron chi connectivity index (χ2n) is 4.10. The summed E-state index contributed by atoms with van der Waals surface area (Å²) in [5.41, 5.74) is 9.09. The lowest BCUT2D eigenvalue weighted by atomic mass is 9.92. The van der Waals surface area contributed by atoms with E-state index in [1.54, 1.807) is 14.2 Å². The molecule has 0 saturated heterocycles. The minimum absolute atomic E-state index is 0.267. The van der Waals surface area contributed by atoms with Gasteiger partial charge in [-0.3, -0.25) is 0 Å². The Morgan fingerprint density at radius 2 is 1.88 bits per heavy atom. The van der Waals surface area contributed by atoms with Crippen molar-refractivity contribution in [1.82, 2.24) is 0 Å². The fourth-order valence-electron chi connectivity index (χ4n) is 2.08. The monoisotopic (exact) mass is 223 g/mol. The maximum atomic E-state index is 5.74. The standard InChI is InChI=1S/C13H21NO2/c1-8-6-11(15-4)10(3)12(9(2)7-14)13(8)16-5/h6,9H,7,14H2,1-5H3. The predicted molar refractivity (Wildman–Crippen MR) is 66.5 cm³/mol. The first kappa shape index (κ1) is 12.8. The number of hydrogen-bond donors (Lipinski definition) is 1. The molecule has 2 N–H and O–H groups in total. The van der Waals surface area contributed by atoms with Crippen LogP contribution >= 0.6 is 0 Å². The van der Waals surface area contributed by atoms with Gasteiger partial charge in [0.25, 0.3) is 0 Å². The Kier molecular flexibility index (Phi) is 4.19. The lowest BCUT2D eigenvalue weighted by Crippen LogP contribution is -2.12. The van der Waals surface area contributed by atoms with Gasteiger partial charge in [-0.25, -0.2) is 0 Å². The maximum Gasteiger partial charge on any atom is 0.125 e.